The molecule has 0 aromatic rings. The van der Waals surface area contributed by atoms with Gasteiger partial charge >= 0.3 is 0 Å². The Morgan fingerprint density at radius 1 is 1.50 bits per heavy atom. The van der Waals surface area contributed by atoms with Crippen molar-refractivity contribution in [2.24, 2.45) is 5.92 Å². The largest absolute Gasteiger partial charge is 0.394 e. The molecule has 94 valence electrons. The van der Waals surface area contributed by atoms with Gasteiger partial charge in [-0.05, 0) is 25.2 Å². The number of rotatable bonds is 4. The molecule has 6 heteroatoms. The molecule has 0 aromatic heterocycles. The molecular formula is C10H20N2O3S. The van der Waals surface area contributed by atoms with Gasteiger partial charge < -0.3 is 5.11 Å². The van der Waals surface area contributed by atoms with Crippen LogP contribution in [0.4, 0.5) is 0 Å². The molecule has 0 bridgehead atoms. The monoisotopic (exact) mass is 248 g/mol. The van der Waals surface area contributed by atoms with Crippen molar-refractivity contribution in [3.8, 4) is 0 Å². The molecule has 5 nitrogen and oxygen atoms in total. The van der Waals surface area contributed by atoms with E-state index in [1.807, 2.05) is 0 Å². The summed E-state index contributed by atoms with van der Waals surface area (Å²) in [6.07, 6.45) is 2.46. The Bertz CT molecular complexity index is 364. The van der Waals surface area contributed by atoms with Gasteiger partial charge in [0.05, 0.1) is 12.1 Å². The summed E-state index contributed by atoms with van der Waals surface area (Å²) in [7, 11) is -1.79. The van der Waals surface area contributed by atoms with Gasteiger partial charge in [-0.3, -0.25) is 0 Å². The van der Waals surface area contributed by atoms with E-state index in [0.29, 0.717) is 19.0 Å². The van der Waals surface area contributed by atoms with Crippen LogP contribution in [-0.2, 0) is 10.2 Å². The minimum Gasteiger partial charge on any atom is -0.394 e. The molecular weight excluding hydrogens is 228 g/mol. The second-order valence-corrected chi connectivity index (χ2v) is 7.07. The van der Waals surface area contributed by atoms with E-state index in [9.17, 15) is 13.5 Å². The number of aliphatic hydroxyl groups is 1. The third-order valence-corrected chi connectivity index (χ3v) is 5.91. The van der Waals surface area contributed by atoms with E-state index in [-0.39, 0.29) is 6.61 Å². The van der Waals surface area contributed by atoms with Crippen LogP contribution in [0.1, 0.15) is 26.2 Å². The van der Waals surface area contributed by atoms with Crippen LogP contribution in [0.15, 0.2) is 0 Å². The van der Waals surface area contributed by atoms with Crippen molar-refractivity contribution in [1.29, 1.82) is 0 Å². The van der Waals surface area contributed by atoms with Gasteiger partial charge in [0.15, 0.2) is 0 Å². The molecule has 0 radical (unpaired) electrons. The summed E-state index contributed by atoms with van der Waals surface area (Å²) in [4.78, 5) is 0. The molecule has 0 aromatic carbocycles. The van der Waals surface area contributed by atoms with E-state index < -0.39 is 15.7 Å². The molecule has 2 fully saturated rings. The summed E-state index contributed by atoms with van der Waals surface area (Å²) < 4.78 is 27.4. The van der Waals surface area contributed by atoms with Crippen molar-refractivity contribution in [3.63, 3.8) is 0 Å². The van der Waals surface area contributed by atoms with E-state index in [1.165, 1.54) is 8.61 Å². The third kappa shape index (κ3) is 1.88. The molecule has 1 saturated carbocycles. The predicted molar refractivity (Wildman–Crippen MR) is 61.1 cm³/mol. The van der Waals surface area contributed by atoms with Crippen LogP contribution >= 0.6 is 0 Å². The van der Waals surface area contributed by atoms with E-state index in [2.05, 4.69) is 6.92 Å². The topological polar surface area (TPSA) is 60.9 Å². The lowest BCUT2D eigenvalue weighted by atomic mass is 10.2. The quantitative estimate of drug-likeness (QED) is 0.763. The zero-order valence-corrected chi connectivity index (χ0v) is 10.7. The molecule has 2 aliphatic rings. The summed E-state index contributed by atoms with van der Waals surface area (Å²) >= 11 is 0. The molecule has 1 unspecified atom stereocenters. The third-order valence-electron chi connectivity index (χ3n) is 3.85. The van der Waals surface area contributed by atoms with Gasteiger partial charge in [0.1, 0.15) is 0 Å². The Labute approximate surface area is 97.2 Å². The van der Waals surface area contributed by atoms with Crippen LogP contribution in [0.2, 0.25) is 0 Å². The summed E-state index contributed by atoms with van der Waals surface area (Å²) in [6.45, 7) is 3.20. The smallest absolute Gasteiger partial charge is 0.282 e. The highest BCUT2D eigenvalue weighted by atomic mass is 32.2. The maximum absolute atomic E-state index is 12.3. The molecule has 1 atom stereocenters. The van der Waals surface area contributed by atoms with Crippen molar-refractivity contribution in [3.05, 3.63) is 0 Å². The molecule has 0 amide bonds. The lowest BCUT2D eigenvalue weighted by Crippen LogP contribution is -2.48. The summed E-state index contributed by atoms with van der Waals surface area (Å²) in [5, 5.41) is 9.26. The van der Waals surface area contributed by atoms with Gasteiger partial charge in [-0.2, -0.15) is 17.0 Å². The van der Waals surface area contributed by atoms with Gasteiger partial charge in [-0.15, -0.1) is 0 Å². The maximum atomic E-state index is 12.3. The van der Waals surface area contributed by atoms with E-state index in [0.717, 1.165) is 19.3 Å². The zero-order valence-electron chi connectivity index (χ0n) is 9.89. The molecule has 1 N–H and O–H groups in total. The van der Waals surface area contributed by atoms with Crippen molar-refractivity contribution in [2.75, 3.05) is 26.7 Å². The first-order valence-corrected chi connectivity index (χ1v) is 7.17. The molecule has 1 aliphatic carbocycles. The number of aliphatic hydroxyl groups excluding tert-OH is 1. The SMILES string of the molecule is CC1CCN(S(=O)(=O)N(C)C2(CO)CC2)C1. The Balaban J connectivity index is 2.13. The first kappa shape index (κ1) is 12.3. The lowest BCUT2D eigenvalue weighted by molar-refractivity contribution is 0.181. The predicted octanol–water partition coefficient (Wildman–Crippen LogP) is 0.0297. The molecule has 2 rings (SSSR count). The minimum atomic E-state index is -3.37. The highest BCUT2D eigenvalue weighted by molar-refractivity contribution is 7.86. The Kier molecular flexibility index (Phi) is 3.03. The summed E-state index contributed by atoms with van der Waals surface area (Å²) in [5.41, 5.74) is -0.509. The highest BCUT2D eigenvalue weighted by Crippen LogP contribution is 2.42. The Morgan fingerprint density at radius 2 is 2.12 bits per heavy atom. The highest BCUT2D eigenvalue weighted by Gasteiger charge is 2.52. The Hall–Kier alpha value is -0.170. The number of nitrogens with zero attached hydrogens (tertiary/aromatic N) is 2. The van der Waals surface area contributed by atoms with Crippen molar-refractivity contribution in [1.82, 2.24) is 8.61 Å². The van der Waals surface area contributed by atoms with Gasteiger partial charge in [-0.25, -0.2) is 0 Å². The fourth-order valence-corrected chi connectivity index (χ4v) is 4.09. The van der Waals surface area contributed by atoms with Crippen LogP contribution in [0.3, 0.4) is 0 Å². The van der Waals surface area contributed by atoms with Crippen LogP contribution in [0.5, 0.6) is 0 Å². The second kappa shape index (κ2) is 3.94. The molecule has 16 heavy (non-hydrogen) atoms. The average molecular weight is 248 g/mol. The number of hydrogen-bond donors (Lipinski definition) is 1. The van der Waals surface area contributed by atoms with E-state index in [4.69, 9.17) is 0 Å². The molecule has 1 heterocycles. The van der Waals surface area contributed by atoms with Crippen LogP contribution in [-0.4, -0.2) is 54.4 Å². The fourth-order valence-electron chi connectivity index (χ4n) is 2.24. The van der Waals surface area contributed by atoms with E-state index in [1.54, 1.807) is 7.05 Å². The van der Waals surface area contributed by atoms with Crippen LogP contribution in [0, 0.1) is 5.92 Å². The van der Waals surface area contributed by atoms with Crippen molar-refractivity contribution < 1.29 is 13.5 Å². The minimum absolute atomic E-state index is 0.0773. The van der Waals surface area contributed by atoms with Gasteiger partial charge in [0.25, 0.3) is 10.2 Å². The normalized spacial score (nSPS) is 29.9. The summed E-state index contributed by atoms with van der Waals surface area (Å²) in [5.74, 6) is 0.437. The van der Waals surface area contributed by atoms with Crippen LogP contribution in [0.25, 0.3) is 0 Å². The summed E-state index contributed by atoms with van der Waals surface area (Å²) in [6, 6.07) is 0. The first-order chi connectivity index (χ1) is 7.42. The molecule has 1 aliphatic heterocycles. The van der Waals surface area contributed by atoms with Crippen molar-refractivity contribution in [2.45, 2.75) is 31.7 Å². The number of likely N-dealkylation sites (N-methyl/N-ethyl adjacent to an activating group) is 1. The van der Waals surface area contributed by atoms with Crippen LogP contribution < -0.4 is 0 Å². The van der Waals surface area contributed by atoms with Gasteiger partial charge in [-0.1, -0.05) is 6.92 Å². The first-order valence-electron chi connectivity index (χ1n) is 5.77. The fraction of sp³-hybridized carbons (Fsp3) is 1.00. The zero-order chi connectivity index (χ0) is 12.0. The molecule has 1 saturated heterocycles. The van der Waals surface area contributed by atoms with Gasteiger partial charge in [0, 0.05) is 20.1 Å². The molecule has 0 spiro atoms. The Morgan fingerprint density at radius 3 is 2.50 bits per heavy atom. The van der Waals surface area contributed by atoms with Gasteiger partial charge in [0.2, 0.25) is 0 Å². The van der Waals surface area contributed by atoms with E-state index >= 15 is 0 Å². The standard InChI is InChI=1S/C10H20N2O3S/c1-9-3-6-12(7-9)16(14,15)11(2)10(8-13)4-5-10/h9,13H,3-8H2,1-2H3. The second-order valence-electron chi connectivity index (χ2n) is 5.11. The van der Waals surface area contributed by atoms with Crippen molar-refractivity contribution >= 4 is 10.2 Å². The average Bonchev–Trinajstić information content (AvgIpc) is 2.93. The maximum Gasteiger partial charge on any atom is 0.282 e. The lowest BCUT2D eigenvalue weighted by Gasteiger charge is -2.29. The number of hydrogen-bond acceptors (Lipinski definition) is 3.